The van der Waals surface area contributed by atoms with Crippen LogP contribution < -0.4 is 14.9 Å². The molecule has 35 heavy (non-hydrogen) atoms. The molecule has 1 aliphatic rings. The van der Waals surface area contributed by atoms with E-state index < -0.39 is 18.0 Å². The molecular formula is C27H26N2O5S. The van der Waals surface area contributed by atoms with Gasteiger partial charge < -0.3 is 9.84 Å². The van der Waals surface area contributed by atoms with Crippen LogP contribution >= 0.6 is 11.3 Å². The largest absolute Gasteiger partial charge is 0.478 e. The Bertz CT molecular complexity index is 1490. The highest BCUT2D eigenvalue weighted by atomic mass is 32.1. The van der Waals surface area contributed by atoms with Crippen LogP contribution in [0.3, 0.4) is 0 Å². The van der Waals surface area contributed by atoms with E-state index in [0.29, 0.717) is 32.1 Å². The van der Waals surface area contributed by atoms with E-state index in [9.17, 15) is 14.4 Å². The third-order valence-corrected chi connectivity index (χ3v) is 6.87. The number of ether oxygens (including phenoxy) is 1. The van der Waals surface area contributed by atoms with Crippen LogP contribution in [0.4, 0.5) is 0 Å². The number of rotatable bonds is 6. The molecule has 3 aromatic rings. The number of allylic oxidation sites excluding steroid dienone is 1. The second-order valence-electron chi connectivity index (χ2n) is 8.55. The molecule has 7 nitrogen and oxygen atoms in total. The number of nitrogens with zero attached hydrogens (tertiary/aromatic N) is 2. The van der Waals surface area contributed by atoms with Crippen molar-refractivity contribution in [2.45, 2.75) is 39.7 Å². The fourth-order valence-corrected chi connectivity index (χ4v) is 5.09. The fourth-order valence-electron chi connectivity index (χ4n) is 4.04. The van der Waals surface area contributed by atoms with Crippen LogP contribution in [0.1, 0.15) is 66.7 Å². The van der Waals surface area contributed by atoms with E-state index in [1.807, 2.05) is 24.3 Å². The van der Waals surface area contributed by atoms with E-state index in [0.717, 1.165) is 11.1 Å². The minimum Gasteiger partial charge on any atom is -0.478 e. The molecule has 2 aromatic carbocycles. The van der Waals surface area contributed by atoms with Crippen LogP contribution in [0.15, 0.2) is 69.6 Å². The normalized spacial score (nSPS) is 15.7. The van der Waals surface area contributed by atoms with Gasteiger partial charge in [0.15, 0.2) is 4.80 Å². The van der Waals surface area contributed by atoms with Gasteiger partial charge in [-0.3, -0.25) is 9.36 Å². The lowest BCUT2D eigenvalue weighted by Gasteiger charge is -2.25. The molecule has 1 N–H and O–H groups in total. The summed E-state index contributed by atoms with van der Waals surface area (Å²) in [5.41, 5.74) is 3.40. The molecule has 1 aliphatic heterocycles. The molecule has 4 rings (SSSR count). The monoisotopic (exact) mass is 490 g/mol. The second-order valence-corrected chi connectivity index (χ2v) is 9.56. The summed E-state index contributed by atoms with van der Waals surface area (Å²) in [6, 6.07) is 13.5. The summed E-state index contributed by atoms with van der Waals surface area (Å²) in [6.07, 6.45) is 1.71. The Balaban J connectivity index is 1.89. The van der Waals surface area contributed by atoms with E-state index in [4.69, 9.17) is 9.84 Å². The van der Waals surface area contributed by atoms with E-state index >= 15 is 0 Å². The first-order valence-corrected chi connectivity index (χ1v) is 12.2. The Morgan fingerprint density at radius 2 is 1.80 bits per heavy atom. The van der Waals surface area contributed by atoms with Crippen molar-refractivity contribution in [2.75, 3.05) is 6.61 Å². The summed E-state index contributed by atoms with van der Waals surface area (Å²) < 4.78 is 7.31. The number of carboxylic acids is 1. The average Bonchev–Trinajstić information content (AvgIpc) is 3.13. The quantitative estimate of drug-likeness (QED) is 0.532. The lowest BCUT2D eigenvalue weighted by atomic mass is 9.93. The molecule has 180 valence electrons. The van der Waals surface area contributed by atoms with Crippen LogP contribution in [-0.2, 0) is 9.53 Å². The lowest BCUT2D eigenvalue weighted by Crippen LogP contribution is -2.39. The van der Waals surface area contributed by atoms with Gasteiger partial charge in [0.05, 0.1) is 34.0 Å². The first-order chi connectivity index (χ1) is 16.7. The number of esters is 1. The number of hydrogen-bond acceptors (Lipinski definition) is 6. The van der Waals surface area contributed by atoms with Crippen LogP contribution in [0, 0.1) is 0 Å². The Hall–Kier alpha value is -3.78. The van der Waals surface area contributed by atoms with Gasteiger partial charge in [-0.1, -0.05) is 61.6 Å². The number of carbonyl (C=O) groups excluding carboxylic acids is 1. The smallest absolute Gasteiger partial charge is 0.338 e. The van der Waals surface area contributed by atoms with Gasteiger partial charge in [0, 0.05) is 0 Å². The van der Waals surface area contributed by atoms with Gasteiger partial charge in [0.25, 0.3) is 5.56 Å². The zero-order chi connectivity index (χ0) is 25.3. The topological polar surface area (TPSA) is 98.0 Å². The summed E-state index contributed by atoms with van der Waals surface area (Å²) in [7, 11) is 0. The van der Waals surface area contributed by atoms with Gasteiger partial charge in [0.1, 0.15) is 0 Å². The molecule has 1 atom stereocenters. The van der Waals surface area contributed by atoms with Crippen LogP contribution in [0.25, 0.3) is 6.08 Å². The number of aromatic carboxylic acids is 1. The van der Waals surface area contributed by atoms with Crippen molar-refractivity contribution in [1.29, 1.82) is 0 Å². The second kappa shape index (κ2) is 9.84. The molecule has 0 bridgehead atoms. The predicted molar refractivity (Wildman–Crippen MR) is 134 cm³/mol. The zero-order valence-corrected chi connectivity index (χ0v) is 20.8. The summed E-state index contributed by atoms with van der Waals surface area (Å²) in [6.45, 7) is 7.92. The van der Waals surface area contributed by atoms with Crippen molar-refractivity contribution >= 4 is 29.4 Å². The summed E-state index contributed by atoms with van der Waals surface area (Å²) in [5.74, 6) is -1.16. The molecule has 2 heterocycles. The highest BCUT2D eigenvalue weighted by Gasteiger charge is 2.33. The molecule has 0 aliphatic carbocycles. The number of fused-ring (bicyclic) bond motifs is 1. The number of benzene rings is 2. The van der Waals surface area contributed by atoms with Crippen LogP contribution in [-0.4, -0.2) is 28.2 Å². The minimum absolute atomic E-state index is 0.170. The zero-order valence-electron chi connectivity index (χ0n) is 19.9. The van der Waals surface area contributed by atoms with Crippen LogP contribution in [0.5, 0.6) is 0 Å². The maximum absolute atomic E-state index is 13.6. The Labute approximate surface area is 206 Å². The van der Waals surface area contributed by atoms with Crippen molar-refractivity contribution in [3.63, 3.8) is 0 Å². The molecule has 1 aromatic heterocycles. The van der Waals surface area contributed by atoms with Gasteiger partial charge in [-0.15, -0.1) is 0 Å². The predicted octanol–water partition coefficient (Wildman–Crippen LogP) is 3.62. The summed E-state index contributed by atoms with van der Waals surface area (Å²) in [4.78, 5) is 42.8. The van der Waals surface area contributed by atoms with Crippen molar-refractivity contribution in [3.05, 3.63) is 102 Å². The highest BCUT2D eigenvalue weighted by molar-refractivity contribution is 7.07. The third kappa shape index (κ3) is 4.74. The first kappa shape index (κ1) is 24.3. The molecule has 0 fully saturated rings. The van der Waals surface area contributed by atoms with Crippen molar-refractivity contribution in [1.82, 2.24) is 4.57 Å². The minimum atomic E-state index is -1.01. The summed E-state index contributed by atoms with van der Waals surface area (Å²) >= 11 is 1.23. The number of carboxylic acid groups (broad SMARTS) is 1. The third-order valence-electron chi connectivity index (χ3n) is 5.89. The standard InChI is InChI=1S/C27H26N2O5S/c1-5-34-26(33)22-16(4)28-27-29(23(22)19-12-10-18(11-13-19)15(2)3)24(30)21(35-27)14-17-6-8-20(9-7-17)25(31)32/h6-15,23H,5H2,1-4H3,(H,31,32)/t23-/m0/s1. The van der Waals surface area contributed by atoms with Crippen molar-refractivity contribution in [2.24, 2.45) is 4.99 Å². The van der Waals surface area contributed by atoms with Gasteiger partial charge in [0.2, 0.25) is 0 Å². The van der Waals surface area contributed by atoms with Gasteiger partial charge in [-0.05, 0) is 54.7 Å². The molecule has 0 saturated heterocycles. The van der Waals surface area contributed by atoms with Gasteiger partial charge in [-0.2, -0.15) is 0 Å². The maximum atomic E-state index is 13.6. The number of hydrogen-bond donors (Lipinski definition) is 1. The lowest BCUT2D eigenvalue weighted by molar-refractivity contribution is -0.139. The van der Waals surface area contributed by atoms with Crippen molar-refractivity contribution in [3.8, 4) is 0 Å². The van der Waals surface area contributed by atoms with E-state index in [-0.39, 0.29) is 17.7 Å². The van der Waals surface area contributed by atoms with E-state index in [1.165, 1.54) is 23.5 Å². The highest BCUT2D eigenvalue weighted by Crippen LogP contribution is 2.31. The molecule has 0 radical (unpaired) electrons. The van der Waals surface area contributed by atoms with E-state index in [1.54, 1.807) is 36.6 Å². The fraction of sp³-hybridized carbons (Fsp3) is 0.259. The number of aromatic nitrogens is 1. The molecule has 0 saturated carbocycles. The van der Waals surface area contributed by atoms with Crippen molar-refractivity contribution < 1.29 is 19.4 Å². The number of thiazole rings is 1. The SMILES string of the molecule is CCOC(=O)C1=C(C)N=c2sc(=Cc3ccc(C(=O)O)cc3)c(=O)n2[C@H]1c1ccc(C(C)C)cc1. The molecule has 0 unspecified atom stereocenters. The van der Waals surface area contributed by atoms with Crippen LogP contribution in [0.2, 0.25) is 0 Å². The maximum Gasteiger partial charge on any atom is 0.338 e. The molecule has 8 heteroatoms. The average molecular weight is 491 g/mol. The number of carbonyl (C=O) groups is 2. The Morgan fingerprint density at radius 1 is 1.14 bits per heavy atom. The van der Waals surface area contributed by atoms with Gasteiger partial charge in [-0.25, -0.2) is 14.6 Å². The molecule has 0 amide bonds. The van der Waals surface area contributed by atoms with Gasteiger partial charge >= 0.3 is 11.9 Å². The summed E-state index contributed by atoms with van der Waals surface area (Å²) in [5, 5.41) is 9.12. The Morgan fingerprint density at radius 3 is 2.37 bits per heavy atom. The molecular weight excluding hydrogens is 464 g/mol. The first-order valence-electron chi connectivity index (χ1n) is 11.3. The molecule has 0 spiro atoms. The van der Waals surface area contributed by atoms with E-state index in [2.05, 4.69) is 18.8 Å². The Kier molecular flexibility index (Phi) is 6.84.